The molecule has 5 rings (SSSR count). The molecule has 1 aromatic rings. The maximum atomic E-state index is 12.5. The molecule has 5 atom stereocenters. The molecule has 2 nitrogen and oxygen atoms in total. The van der Waals surface area contributed by atoms with Gasteiger partial charge in [0.25, 0.3) is 0 Å². The van der Waals surface area contributed by atoms with Crippen molar-refractivity contribution in [2.45, 2.75) is 58.6 Å². The third-order valence-electron chi connectivity index (χ3n) is 6.42. The summed E-state index contributed by atoms with van der Waals surface area (Å²) < 4.78 is 139. The first-order valence-corrected chi connectivity index (χ1v) is 8.90. The minimum atomic E-state index is -3.17. The number of ketones is 1. The van der Waals surface area contributed by atoms with Gasteiger partial charge in [0.2, 0.25) is 0 Å². The van der Waals surface area contributed by atoms with Crippen LogP contribution in [0.1, 0.15) is 86.0 Å². The molecular weight excluding hydrogens is 318 g/mol. The van der Waals surface area contributed by atoms with Crippen LogP contribution < -0.4 is 0 Å². The van der Waals surface area contributed by atoms with Gasteiger partial charge in [0.1, 0.15) is 5.78 Å². The zero-order valence-electron chi connectivity index (χ0n) is 30.1. The van der Waals surface area contributed by atoms with E-state index in [2.05, 4.69) is 4.98 Å². The lowest BCUT2D eigenvalue weighted by atomic mass is 9.47. The van der Waals surface area contributed by atoms with Crippen LogP contribution in [-0.4, -0.2) is 10.8 Å². The van der Waals surface area contributed by atoms with Crippen LogP contribution in [0, 0.1) is 28.6 Å². The van der Waals surface area contributed by atoms with E-state index in [0.29, 0.717) is 0 Å². The maximum Gasteiger partial charge on any atom is 0.136 e. The van der Waals surface area contributed by atoms with Gasteiger partial charge >= 0.3 is 0 Å². The molecule has 4 aliphatic carbocycles. The average Bonchev–Trinajstić information content (AvgIpc) is 3.04. The molecule has 0 spiro atoms. The molecule has 1 heterocycles. The van der Waals surface area contributed by atoms with Crippen LogP contribution in [0.25, 0.3) is 5.57 Å². The Morgan fingerprint density at radius 2 is 2.15 bits per heavy atom. The Labute approximate surface area is 179 Å². The third-order valence-corrected chi connectivity index (χ3v) is 6.42. The van der Waals surface area contributed by atoms with Gasteiger partial charge in [-0.3, -0.25) is 9.78 Å². The van der Waals surface area contributed by atoms with E-state index in [1.54, 1.807) is 0 Å². The lowest BCUT2D eigenvalue weighted by Crippen LogP contribution is -2.49. The van der Waals surface area contributed by atoms with Crippen molar-refractivity contribution in [3.05, 3.63) is 47.7 Å². The number of hydrogen-bond acceptors (Lipinski definition) is 2. The Morgan fingerprint density at radius 3 is 3.04 bits per heavy atom. The highest BCUT2D eigenvalue weighted by Crippen LogP contribution is 2.66. The van der Waals surface area contributed by atoms with E-state index in [1.807, 2.05) is 0 Å². The third kappa shape index (κ3) is 2.17. The molecule has 136 valence electrons. The van der Waals surface area contributed by atoms with Crippen molar-refractivity contribution < 1.29 is 26.7 Å². The number of nitrogens with zero attached hydrogens (tertiary/aromatic N) is 1. The largest absolute Gasteiger partial charge is 0.299 e. The summed E-state index contributed by atoms with van der Waals surface area (Å²) in [5, 5.41) is 0. The summed E-state index contributed by atoms with van der Waals surface area (Å²) in [5.41, 5.74) is -5.66. The molecule has 26 heavy (non-hydrogen) atoms. The average molecular weight is 364 g/mol. The van der Waals surface area contributed by atoms with Gasteiger partial charge < -0.3 is 0 Å². The molecule has 0 amide bonds. The number of aromatic nitrogens is 1. The summed E-state index contributed by atoms with van der Waals surface area (Å²) in [7, 11) is 0. The fourth-order valence-corrected chi connectivity index (χ4v) is 5.05. The second-order valence-corrected chi connectivity index (χ2v) is 7.66. The zero-order valence-corrected chi connectivity index (χ0v) is 14.1. The first kappa shape index (κ1) is 6.72. The predicted molar refractivity (Wildman–Crippen MR) is 104 cm³/mol. The minimum absolute atomic E-state index is 0.154. The molecule has 2 heteroatoms. The van der Waals surface area contributed by atoms with Crippen LogP contribution >= 0.6 is 0 Å². The van der Waals surface area contributed by atoms with E-state index >= 15 is 0 Å². The Morgan fingerprint density at radius 1 is 1.23 bits per heavy atom. The van der Waals surface area contributed by atoms with E-state index in [9.17, 15) is 4.79 Å². The molecule has 4 aliphatic rings. The van der Waals surface area contributed by atoms with Gasteiger partial charge in [-0.15, -0.1) is 0 Å². The highest BCUT2D eigenvalue weighted by atomic mass is 16.1. The molecule has 2 fully saturated rings. The summed E-state index contributed by atoms with van der Waals surface area (Å²) in [6, 6.07) is -3.28. The van der Waals surface area contributed by atoms with Gasteiger partial charge in [0.15, 0.2) is 0 Å². The van der Waals surface area contributed by atoms with Crippen molar-refractivity contribution in [1.82, 2.24) is 4.98 Å². The number of carbonyl (C=O) groups excluding carboxylic acids is 1. The van der Waals surface area contributed by atoms with Gasteiger partial charge in [-0.05, 0) is 77.8 Å². The molecule has 0 radical (unpaired) electrons. The summed E-state index contributed by atoms with van der Waals surface area (Å²) in [5.74, 6) is -5.25. The van der Waals surface area contributed by atoms with Gasteiger partial charge in [0, 0.05) is 38.9 Å². The van der Waals surface area contributed by atoms with Crippen molar-refractivity contribution in [2.75, 3.05) is 0 Å². The van der Waals surface area contributed by atoms with Crippen LogP contribution in [0.5, 0.6) is 0 Å². The summed E-state index contributed by atoms with van der Waals surface area (Å²) in [6.07, 6.45) is -8.85. The molecule has 0 aromatic carbocycles. The number of rotatable bonds is 1. The van der Waals surface area contributed by atoms with Gasteiger partial charge in [-0.25, -0.2) is 0 Å². The van der Waals surface area contributed by atoms with Gasteiger partial charge in [-0.2, -0.15) is 0 Å². The molecule has 0 N–H and O–H groups in total. The Kier molecular flexibility index (Phi) is 1.46. The van der Waals surface area contributed by atoms with Crippen molar-refractivity contribution in [2.24, 2.45) is 28.6 Å². The maximum absolute atomic E-state index is 12.5. The molecule has 0 bridgehead atoms. The number of Topliss-reactive ketones (excluding diaryl/α,β-unsaturated/α-hetero) is 1. The van der Waals surface area contributed by atoms with Crippen LogP contribution in [0.2, 0.25) is 0 Å². The smallest absolute Gasteiger partial charge is 0.136 e. The molecule has 3 unspecified atom stereocenters. The van der Waals surface area contributed by atoms with Crippen LogP contribution in [0.3, 0.4) is 0 Å². The monoisotopic (exact) mass is 363 g/mol. The van der Waals surface area contributed by atoms with Crippen molar-refractivity contribution in [3.8, 4) is 0 Å². The highest BCUT2D eigenvalue weighted by Gasteiger charge is 2.56. The lowest BCUT2D eigenvalue weighted by molar-refractivity contribution is -0.122. The van der Waals surface area contributed by atoms with Crippen molar-refractivity contribution >= 4 is 11.4 Å². The first-order chi connectivity index (χ1) is 19.0. The van der Waals surface area contributed by atoms with E-state index in [1.165, 1.54) is 0 Å². The summed E-state index contributed by atoms with van der Waals surface area (Å²) >= 11 is 0. The number of hydrogen-bond donors (Lipinski definition) is 0. The van der Waals surface area contributed by atoms with E-state index < -0.39 is 116 Å². The fourth-order valence-electron chi connectivity index (χ4n) is 5.05. The second kappa shape index (κ2) is 5.65. The van der Waals surface area contributed by atoms with Crippen LogP contribution in [0.4, 0.5) is 0 Å². The van der Waals surface area contributed by atoms with Crippen molar-refractivity contribution in [3.63, 3.8) is 0 Å². The summed E-state index contributed by atoms with van der Waals surface area (Å²) in [4.78, 5) is 16.1. The number of pyridine rings is 1. The minimum Gasteiger partial charge on any atom is -0.299 e. The number of fused-ring (bicyclic) bond motifs is 5. The second-order valence-electron chi connectivity index (χ2n) is 7.66. The molecule has 1 aromatic heterocycles. The Bertz CT molecular complexity index is 1460. The fraction of sp³-hybridized carbons (Fsp3) is 0.583. The van der Waals surface area contributed by atoms with Gasteiger partial charge in [0.05, 0.1) is 8.22 Å². The topological polar surface area (TPSA) is 30.0 Å². The lowest BCUT2D eigenvalue weighted by Gasteiger charge is -2.57. The predicted octanol–water partition coefficient (Wildman–Crippen LogP) is 5.61. The van der Waals surface area contributed by atoms with E-state index in [0.717, 1.165) is 0 Å². The molecule has 0 aliphatic heterocycles. The Balaban J connectivity index is 1.88. The molecule has 0 saturated heterocycles. The zero-order chi connectivity index (χ0) is 31.7. The number of allylic oxidation sites excluding steroid dienone is 4. The van der Waals surface area contributed by atoms with E-state index in [-0.39, 0.29) is 30.6 Å². The molecule has 2 saturated carbocycles. The van der Waals surface area contributed by atoms with Crippen molar-refractivity contribution in [1.29, 1.82) is 0 Å². The summed E-state index contributed by atoms with van der Waals surface area (Å²) in [6.45, 7) is -6.02. The van der Waals surface area contributed by atoms with E-state index in [4.69, 9.17) is 21.9 Å². The highest BCUT2D eigenvalue weighted by molar-refractivity contribution is 5.82. The van der Waals surface area contributed by atoms with Crippen LogP contribution in [0.15, 0.2) is 42.1 Å². The van der Waals surface area contributed by atoms with Crippen LogP contribution in [-0.2, 0) is 4.79 Å². The Hall–Kier alpha value is -1.70. The number of carbonyl (C=O) groups is 1. The SMILES string of the molecule is [2H]C1=C2CC(=O)CC[C@]2(C([2H])([2H])[2H])C2CC[C@]3(C([2H])([2H])[2H])C(c4c([2H])nc([2H])c([2H])c4[2H])=C([2H])C([2H])([2H])C3C2C1([2H])[2H]. The quantitative estimate of drug-likeness (QED) is 0.607. The first-order valence-electron chi connectivity index (χ1n) is 16.9. The van der Waals surface area contributed by atoms with Gasteiger partial charge in [-0.1, -0.05) is 37.4 Å². The standard InChI is InChI=1S/C24H29NO/c1-23-11-9-18(26)14-17(23)5-6-19-21-8-7-20(16-4-3-13-25-15-16)24(21,2)12-10-22(19)23/h3-5,7,13,15,19,21-22H,6,8-12,14H2,1-2H3/t19?,21?,22?,23-,24+/m0/s1/i1D3,2D3,3D,4D,5D,6D2,7D,8D2,13D,15D. The normalized spacial score (nSPS) is 56.2. The molecular formula is C24H29NO.